The zero-order valence-electron chi connectivity index (χ0n) is 21.4. The molecular formula is C30H29ClN4O4. The normalized spacial score (nSPS) is 17.6. The molecule has 200 valence electrons. The van der Waals surface area contributed by atoms with Crippen LogP contribution in [0.2, 0.25) is 5.02 Å². The number of hydrogen-bond acceptors (Lipinski definition) is 6. The third-order valence-electron chi connectivity index (χ3n) is 7.30. The molecule has 0 aliphatic carbocycles. The summed E-state index contributed by atoms with van der Waals surface area (Å²) in [6.07, 6.45) is 4.22. The Bertz CT molecular complexity index is 1550. The lowest BCUT2D eigenvalue weighted by atomic mass is 10.0. The van der Waals surface area contributed by atoms with Gasteiger partial charge in [0.15, 0.2) is 0 Å². The summed E-state index contributed by atoms with van der Waals surface area (Å²) < 4.78 is 13.7. The van der Waals surface area contributed by atoms with Crippen LogP contribution in [-0.4, -0.2) is 56.3 Å². The molecule has 1 N–H and O–H groups in total. The van der Waals surface area contributed by atoms with Crippen LogP contribution in [-0.2, 0) is 24.4 Å². The maximum atomic E-state index is 11.6. The maximum Gasteiger partial charge on any atom is 0.335 e. The van der Waals surface area contributed by atoms with Crippen LogP contribution in [0.3, 0.4) is 0 Å². The standard InChI is InChI=1S/C30H29ClN4O4/c31-24-5-2-1-4-22(24)19-39-29-7-3-6-25(33-29)20-10-13-34(14-11-20)18-28-32-26-9-8-21(30(36)37)16-27(26)35(28)17-23-12-15-38-23/h1-10,16,23H,11-15,17-19H2,(H,36,37)/t23-/m0/s1. The molecule has 1 saturated heterocycles. The molecule has 1 fully saturated rings. The van der Waals surface area contributed by atoms with Gasteiger partial charge in [-0.2, -0.15) is 0 Å². The second kappa shape index (κ2) is 11.2. The van der Waals surface area contributed by atoms with Crippen molar-refractivity contribution in [2.45, 2.75) is 38.6 Å². The number of fused-ring (bicyclic) bond motifs is 1. The summed E-state index contributed by atoms with van der Waals surface area (Å²) in [6.45, 7) is 4.11. The minimum absolute atomic E-state index is 0.140. The molecule has 0 bridgehead atoms. The van der Waals surface area contributed by atoms with Crippen LogP contribution in [0.5, 0.6) is 5.88 Å². The molecule has 39 heavy (non-hydrogen) atoms. The molecule has 2 aromatic carbocycles. The van der Waals surface area contributed by atoms with Crippen LogP contribution in [0.25, 0.3) is 16.6 Å². The van der Waals surface area contributed by atoms with Gasteiger partial charge < -0.3 is 19.1 Å². The van der Waals surface area contributed by atoms with Crippen molar-refractivity contribution < 1.29 is 19.4 Å². The molecular weight excluding hydrogens is 516 g/mol. The van der Waals surface area contributed by atoms with Gasteiger partial charge in [0.25, 0.3) is 0 Å². The Kier molecular flexibility index (Phi) is 7.32. The van der Waals surface area contributed by atoms with Gasteiger partial charge in [-0.25, -0.2) is 14.8 Å². The van der Waals surface area contributed by atoms with Gasteiger partial charge in [-0.3, -0.25) is 4.90 Å². The van der Waals surface area contributed by atoms with Crippen molar-refractivity contribution in [3.05, 3.63) is 94.4 Å². The summed E-state index contributed by atoms with van der Waals surface area (Å²) >= 11 is 6.25. The van der Waals surface area contributed by atoms with Gasteiger partial charge in [0.05, 0.1) is 41.5 Å². The number of rotatable bonds is 9. The van der Waals surface area contributed by atoms with Gasteiger partial charge in [-0.05, 0) is 48.7 Å². The summed E-state index contributed by atoms with van der Waals surface area (Å²) in [7, 11) is 0. The number of ether oxygens (including phenoxy) is 2. The van der Waals surface area contributed by atoms with Crippen LogP contribution in [0.1, 0.15) is 40.3 Å². The fourth-order valence-electron chi connectivity index (χ4n) is 4.99. The minimum atomic E-state index is -0.938. The Morgan fingerprint density at radius 3 is 2.74 bits per heavy atom. The summed E-state index contributed by atoms with van der Waals surface area (Å²) in [5.41, 5.74) is 4.94. The monoisotopic (exact) mass is 544 g/mol. The molecule has 0 radical (unpaired) electrons. The fourth-order valence-corrected chi connectivity index (χ4v) is 5.18. The number of carboxylic acid groups (broad SMARTS) is 1. The number of aromatic nitrogens is 3. The number of nitrogens with zero attached hydrogens (tertiary/aromatic N) is 4. The van der Waals surface area contributed by atoms with Crippen LogP contribution >= 0.6 is 11.6 Å². The van der Waals surface area contributed by atoms with E-state index in [-0.39, 0.29) is 11.7 Å². The Labute approximate surface area is 231 Å². The third-order valence-corrected chi connectivity index (χ3v) is 7.67. The second-order valence-electron chi connectivity index (χ2n) is 9.88. The van der Waals surface area contributed by atoms with Crippen LogP contribution in [0, 0.1) is 0 Å². The largest absolute Gasteiger partial charge is 0.478 e. The molecule has 2 aromatic heterocycles. The van der Waals surface area contributed by atoms with Crippen molar-refractivity contribution in [1.82, 2.24) is 19.4 Å². The number of benzene rings is 2. The highest BCUT2D eigenvalue weighted by Gasteiger charge is 2.24. The van der Waals surface area contributed by atoms with E-state index in [2.05, 4.69) is 15.5 Å². The predicted octanol–water partition coefficient (Wildman–Crippen LogP) is 5.44. The van der Waals surface area contributed by atoms with Gasteiger partial charge in [0.2, 0.25) is 5.88 Å². The molecule has 0 amide bonds. The first kappa shape index (κ1) is 25.6. The van der Waals surface area contributed by atoms with E-state index in [1.807, 2.05) is 42.5 Å². The number of aromatic carboxylic acids is 1. The molecule has 4 aromatic rings. The van der Waals surface area contributed by atoms with Crippen molar-refractivity contribution in [1.29, 1.82) is 0 Å². The number of imidazole rings is 1. The molecule has 2 aliphatic rings. The molecule has 6 rings (SSSR count). The number of pyridine rings is 1. The van der Waals surface area contributed by atoms with E-state index in [1.54, 1.807) is 18.2 Å². The highest BCUT2D eigenvalue weighted by molar-refractivity contribution is 6.31. The van der Waals surface area contributed by atoms with E-state index < -0.39 is 5.97 Å². The number of halogens is 1. The Balaban J connectivity index is 1.15. The molecule has 0 unspecified atom stereocenters. The van der Waals surface area contributed by atoms with Gasteiger partial charge in [-0.15, -0.1) is 0 Å². The van der Waals surface area contributed by atoms with Gasteiger partial charge >= 0.3 is 5.97 Å². The molecule has 1 atom stereocenters. The van der Waals surface area contributed by atoms with Crippen molar-refractivity contribution in [2.75, 3.05) is 19.7 Å². The Morgan fingerprint density at radius 1 is 1.13 bits per heavy atom. The first-order chi connectivity index (χ1) is 19.0. The van der Waals surface area contributed by atoms with Gasteiger partial charge in [-0.1, -0.05) is 41.9 Å². The van der Waals surface area contributed by atoms with E-state index in [0.717, 1.165) is 60.7 Å². The van der Waals surface area contributed by atoms with Gasteiger partial charge in [0, 0.05) is 36.3 Å². The van der Waals surface area contributed by atoms with E-state index in [9.17, 15) is 9.90 Å². The quantitative estimate of drug-likeness (QED) is 0.300. The Morgan fingerprint density at radius 2 is 2.00 bits per heavy atom. The van der Waals surface area contributed by atoms with Gasteiger partial charge in [0.1, 0.15) is 12.4 Å². The highest BCUT2D eigenvalue weighted by Crippen LogP contribution is 2.27. The number of carboxylic acids is 1. The summed E-state index contributed by atoms with van der Waals surface area (Å²) in [5.74, 6) is 0.558. The van der Waals surface area contributed by atoms with E-state index >= 15 is 0 Å². The second-order valence-corrected chi connectivity index (χ2v) is 10.3. The van der Waals surface area contributed by atoms with E-state index in [0.29, 0.717) is 30.6 Å². The summed E-state index contributed by atoms with van der Waals surface area (Å²) in [4.78, 5) is 23.5. The average Bonchev–Trinajstić information content (AvgIpc) is 3.26. The zero-order chi connectivity index (χ0) is 26.8. The molecule has 0 saturated carbocycles. The number of hydrogen-bond donors (Lipinski definition) is 1. The van der Waals surface area contributed by atoms with E-state index in [4.69, 9.17) is 31.0 Å². The average molecular weight is 545 g/mol. The lowest BCUT2D eigenvalue weighted by Crippen LogP contribution is -2.33. The van der Waals surface area contributed by atoms with Crippen molar-refractivity contribution >= 4 is 34.2 Å². The topological polar surface area (TPSA) is 89.7 Å². The first-order valence-electron chi connectivity index (χ1n) is 13.1. The van der Waals surface area contributed by atoms with Crippen molar-refractivity contribution in [2.24, 2.45) is 0 Å². The predicted molar refractivity (Wildman–Crippen MR) is 149 cm³/mol. The molecule has 9 heteroatoms. The van der Waals surface area contributed by atoms with Crippen LogP contribution in [0.4, 0.5) is 0 Å². The SMILES string of the molecule is O=C(O)c1ccc2nc(CN3CC=C(c4cccc(OCc5ccccc5Cl)n4)CC3)n(C[C@@H]3CCO3)c2c1. The van der Waals surface area contributed by atoms with Crippen molar-refractivity contribution in [3.8, 4) is 5.88 Å². The fraction of sp³-hybridized carbons (Fsp3) is 0.300. The molecule has 0 spiro atoms. The van der Waals surface area contributed by atoms with Crippen LogP contribution in [0.15, 0.2) is 66.7 Å². The number of carbonyl (C=O) groups is 1. The highest BCUT2D eigenvalue weighted by atomic mass is 35.5. The molecule has 4 heterocycles. The molecule has 2 aliphatic heterocycles. The lowest BCUT2D eigenvalue weighted by molar-refractivity contribution is -0.0591. The Hall–Kier alpha value is -3.72. The molecule has 8 nitrogen and oxygen atoms in total. The third kappa shape index (κ3) is 5.68. The van der Waals surface area contributed by atoms with E-state index in [1.165, 1.54) is 5.57 Å². The first-order valence-corrected chi connectivity index (χ1v) is 13.5. The van der Waals surface area contributed by atoms with Crippen LogP contribution < -0.4 is 4.74 Å². The summed E-state index contributed by atoms with van der Waals surface area (Å²) in [6, 6.07) is 18.6. The summed E-state index contributed by atoms with van der Waals surface area (Å²) in [5, 5.41) is 10.2. The lowest BCUT2D eigenvalue weighted by Gasteiger charge is -2.29. The maximum absolute atomic E-state index is 11.6. The zero-order valence-corrected chi connectivity index (χ0v) is 22.2. The smallest absolute Gasteiger partial charge is 0.335 e. The minimum Gasteiger partial charge on any atom is -0.478 e. The van der Waals surface area contributed by atoms with Crippen molar-refractivity contribution in [3.63, 3.8) is 0 Å².